The molecule has 2 fully saturated rings. The Labute approximate surface area is 173 Å². The smallest absolute Gasteiger partial charge is 0.318 e. The minimum Gasteiger partial charge on any atom is -0.340 e. The third kappa shape index (κ3) is 5.19. The average Bonchev–Trinajstić information content (AvgIpc) is 3.19. The number of benzene rings is 1. The van der Waals surface area contributed by atoms with Gasteiger partial charge in [0.25, 0.3) is 0 Å². The molecular weight excluding hydrogens is 374 g/mol. The van der Waals surface area contributed by atoms with Crippen molar-refractivity contribution in [2.75, 3.05) is 13.6 Å². The number of likely N-dealkylation sites (N-methyl/N-ethyl adjacent to an activating group) is 1. The van der Waals surface area contributed by atoms with E-state index >= 15 is 0 Å². The predicted octanol–water partition coefficient (Wildman–Crippen LogP) is 4.44. The monoisotopic (exact) mass is 405 g/mol. The number of carbonyl (C=O) groups excluding carboxylic acids is 2. The summed E-state index contributed by atoms with van der Waals surface area (Å²) in [7, 11) is 1.80. The van der Waals surface area contributed by atoms with E-state index in [1.165, 1.54) is 32.1 Å². The fourth-order valence-electron chi connectivity index (χ4n) is 4.49. The van der Waals surface area contributed by atoms with Crippen LogP contribution in [0.1, 0.15) is 57.4 Å². The first-order valence-electron chi connectivity index (χ1n) is 10.5. The summed E-state index contributed by atoms with van der Waals surface area (Å²) in [6, 6.07) is 7.23. The summed E-state index contributed by atoms with van der Waals surface area (Å²) in [5.74, 6) is 0.565. The van der Waals surface area contributed by atoms with Gasteiger partial charge >= 0.3 is 6.03 Å². The second-order valence-electron chi connectivity index (χ2n) is 8.31. The number of hydrogen-bond acceptors (Lipinski definition) is 2. The van der Waals surface area contributed by atoms with Crippen LogP contribution < -0.4 is 5.32 Å². The fourth-order valence-corrected chi connectivity index (χ4v) is 4.62. The van der Waals surface area contributed by atoms with Crippen molar-refractivity contribution < 1.29 is 9.59 Å². The summed E-state index contributed by atoms with van der Waals surface area (Å²) in [6.45, 7) is 3.27. The number of nitrogens with zero attached hydrogens (tertiary/aromatic N) is 2. The van der Waals surface area contributed by atoms with Gasteiger partial charge in [0.1, 0.15) is 6.04 Å². The third-order valence-electron chi connectivity index (χ3n) is 6.22. The summed E-state index contributed by atoms with van der Waals surface area (Å²) in [5.41, 5.74) is 1.03. The van der Waals surface area contributed by atoms with Crippen molar-refractivity contribution in [3.63, 3.8) is 0 Å². The van der Waals surface area contributed by atoms with Gasteiger partial charge < -0.3 is 15.1 Å². The summed E-state index contributed by atoms with van der Waals surface area (Å²) in [4.78, 5) is 29.3. The molecule has 1 aromatic carbocycles. The summed E-state index contributed by atoms with van der Waals surface area (Å²) >= 11 is 5.93. The van der Waals surface area contributed by atoms with Gasteiger partial charge in [-0.2, -0.15) is 0 Å². The van der Waals surface area contributed by atoms with E-state index in [-0.39, 0.29) is 24.0 Å². The van der Waals surface area contributed by atoms with Gasteiger partial charge in [0.2, 0.25) is 5.91 Å². The molecule has 0 unspecified atom stereocenters. The maximum atomic E-state index is 13.0. The Morgan fingerprint density at radius 3 is 2.50 bits per heavy atom. The first-order chi connectivity index (χ1) is 13.5. The number of amides is 3. The van der Waals surface area contributed by atoms with Gasteiger partial charge in [0.15, 0.2) is 0 Å². The van der Waals surface area contributed by atoms with Crippen molar-refractivity contribution in [3.05, 3.63) is 34.9 Å². The lowest BCUT2D eigenvalue weighted by molar-refractivity contribution is -0.134. The van der Waals surface area contributed by atoms with Crippen LogP contribution in [0.5, 0.6) is 0 Å². The molecule has 1 aliphatic carbocycles. The van der Waals surface area contributed by atoms with Crippen LogP contribution in [-0.2, 0) is 11.3 Å². The molecule has 3 amide bonds. The van der Waals surface area contributed by atoms with E-state index in [0.717, 1.165) is 18.4 Å². The zero-order chi connectivity index (χ0) is 20.1. The molecule has 0 aromatic heterocycles. The number of rotatable bonds is 5. The van der Waals surface area contributed by atoms with Gasteiger partial charge in [-0.3, -0.25) is 4.79 Å². The van der Waals surface area contributed by atoms with Crippen LogP contribution in [0, 0.1) is 5.92 Å². The molecule has 0 bridgehead atoms. The molecule has 1 heterocycles. The summed E-state index contributed by atoms with van der Waals surface area (Å²) in [5, 5.41) is 3.86. The molecule has 1 N–H and O–H groups in total. The molecule has 1 aromatic rings. The fraction of sp³-hybridized carbons (Fsp3) is 0.636. The Morgan fingerprint density at radius 2 is 1.82 bits per heavy atom. The molecule has 28 heavy (non-hydrogen) atoms. The van der Waals surface area contributed by atoms with Crippen molar-refractivity contribution in [1.29, 1.82) is 0 Å². The van der Waals surface area contributed by atoms with E-state index in [4.69, 9.17) is 11.6 Å². The Morgan fingerprint density at radius 1 is 1.14 bits per heavy atom. The minimum absolute atomic E-state index is 0.00733. The number of urea groups is 1. The molecule has 154 valence electrons. The summed E-state index contributed by atoms with van der Waals surface area (Å²) < 4.78 is 0. The van der Waals surface area contributed by atoms with Gasteiger partial charge in [-0.25, -0.2) is 4.79 Å². The highest BCUT2D eigenvalue weighted by Crippen LogP contribution is 2.27. The molecule has 0 spiro atoms. The maximum absolute atomic E-state index is 13.0. The van der Waals surface area contributed by atoms with Crippen LogP contribution in [0.2, 0.25) is 5.02 Å². The summed E-state index contributed by atoms with van der Waals surface area (Å²) in [6.07, 6.45) is 7.79. The zero-order valence-corrected chi connectivity index (χ0v) is 17.8. The Balaban J connectivity index is 1.56. The van der Waals surface area contributed by atoms with Crippen molar-refractivity contribution in [2.24, 2.45) is 5.92 Å². The van der Waals surface area contributed by atoms with E-state index in [9.17, 15) is 9.59 Å². The third-order valence-corrected chi connectivity index (χ3v) is 6.47. The van der Waals surface area contributed by atoms with Gasteiger partial charge in [-0.15, -0.1) is 0 Å². The lowest BCUT2D eigenvalue weighted by Crippen LogP contribution is -2.52. The van der Waals surface area contributed by atoms with Gasteiger partial charge in [0.05, 0.1) is 0 Å². The number of nitrogens with one attached hydrogen (secondary N) is 1. The van der Waals surface area contributed by atoms with Crippen LogP contribution in [-0.4, -0.2) is 47.4 Å². The first kappa shape index (κ1) is 21.0. The topological polar surface area (TPSA) is 52.7 Å². The Hall–Kier alpha value is -1.75. The number of likely N-dealkylation sites (tertiary alicyclic amines) is 1. The maximum Gasteiger partial charge on any atom is 0.318 e. The van der Waals surface area contributed by atoms with Gasteiger partial charge in [-0.05, 0) is 56.2 Å². The Kier molecular flexibility index (Phi) is 7.22. The van der Waals surface area contributed by atoms with Crippen LogP contribution in [0.25, 0.3) is 0 Å². The SMILES string of the molecule is C[C@@H](NC(=O)N1CCC[C@@H]1C(=O)N(C)Cc1ccc(Cl)cc1)C1CCCCC1. The van der Waals surface area contributed by atoms with Crippen molar-refractivity contribution >= 4 is 23.5 Å². The molecule has 0 radical (unpaired) electrons. The number of hydrogen-bond donors (Lipinski definition) is 1. The van der Waals surface area contributed by atoms with Crippen LogP contribution >= 0.6 is 11.6 Å². The van der Waals surface area contributed by atoms with Crippen molar-refractivity contribution in [2.45, 2.75) is 70.5 Å². The minimum atomic E-state index is -0.365. The lowest BCUT2D eigenvalue weighted by Gasteiger charge is -2.32. The standard InChI is InChI=1S/C22H32ClN3O2/c1-16(18-7-4-3-5-8-18)24-22(28)26-14-6-9-20(26)21(27)25(2)15-17-10-12-19(23)13-11-17/h10-13,16,18,20H,3-9,14-15H2,1-2H3,(H,24,28)/t16-,20-/m1/s1. The number of halogens is 1. The first-order valence-corrected chi connectivity index (χ1v) is 10.9. The molecule has 2 aliphatic rings. The molecular formula is C22H32ClN3O2. The highest BCUT2D eigenvalue weighted by Gasteiger charge is 2.36. The largest absolute Gasteiger partial charge is 0.340 e. The van der Waals surface area contributed by atoms with Crippen LogP contribution in [0.3, 0.4) is 0 Å². The van der Waals surface area contributed by atoms with E-state index in [1.54, 1.807) is 16.8 Å². The van der Waals surface area contributed by atoms with E-state index in [0.29, 0.717) is 24.0 Å². The van der Waals surface area contributed by atoms with Gasteiger partial charge in [-0.1, -0.05) is 43.0 Å². The molecule has 1 saturated carbocycles. The predicted molar refractivity (Wildman–Crippen MR) is 112 cm³/mol. The van der Waals surface area contributed by atoms with Crippen LogP contribution in [0.15, 0.2) is 24.3 Å². The molecule has 1 saturated heterocycles. The highest BCUT2D eigenvalue weighted by molar-refractivity contribution is 6.30. The van der Waals surface area contributed by atoms with E-state index in [1.807, 2.05) is 24.3 Å². The molecule has 3 rings (SSSR count). The Bertz CT molecular complexity index is 673. The lowest BCUT2D eigenvalue weighted by atomic mass is 9.84. The average molecular weight is 406 g/mol. The second-order valence-corrected chi connectivity index (χ2v) is 8.74. The van der Waals surface area contributed by atoms with E-state index < -0.39 is 0 Å². The van der Waals surface area contributed by atoms with Crippen LogP contribution in [0.4, 0.5) is 4.79 Å². The molecule has 2 atom stereocenters. The molecule has 5 nitrogen and oxygen atoms in total. The molecule has 1 aliphatic heterocycles. The van der Waals surface area contributed by atoms with Gasteiger partial charge in [0, 0.05) is 31.2 Å². The highest BCUT2D eigenvalue weighted by atomic mass is 35.5. The molecule has 6 heteroatoms. The zero-order valence-electron chi connectivity index (χ0n) is 17.0. The number of carbonyl (C=O) groups is 2. The van der Waals surface area contributed by atoms with Crippen molar-refractivity contribution in [1.82, 2.24) is 15.1 Å². The normalized spacial score (nSPS) is 21.4. The quantitative estimate of drug-likeness (QED) is 0.787. The van der Waals surface area contributed by atoms with E-state index in [2.05, 4.69) is 12.2 Å². The van der Waals surface area contributed by atoms with Crippen molar-refractivity contribution in [3.8, 4) is 0 Å². The second kappa shape index (κ2) is 9.64.